The van der Waals surface area contributed by atoms with Crippen LogP contribution in [-0.2, 0) is 10.0 Å². The van der Waals surface area contributed by atoms with Crippen molar-refractivity contribution in [2.45, 2.75) is 18.1 Å². The number of H-pyrrole nitrogens is 1. The Kier molecular flexibility index (Phi) is 2.79. The smallest absolute Gasteiger partial charge is 0.306 e. The quantitative estimate of drug-likeness (QED) is 0.863. The van der Waals surface area contributed by atoms with E-state index in [2.05, 4.69) is 14.9 Å². The third-order valence-electron chi connectivity index (χ3n) is 1.89. The summed E-state index contributed by atoms with van der Waals surface area (Å²) >= 11 is 0.624. The van der Waals surface area contributed by atoms with Crippen molar-refractivity contribution >= 4 is 27.2 Å². The molecule has 9 heteroatoms. The first kappa shape index (κ1) is 11.9. The van der Waals surface area contributed by atoms with Gasteiger partial charge in [-0.05, 0) is 13.8 Å². The van der Waals surface area contributed by atoms with Gasteiger partial charge in [0, 0.05) is 11.8 Å². The third-order valence-corrected chi connectivity index (χ3v) is 4.84. The Hall–Kier alpha value is -1.61. The van der Waals surface area contributed by atoms with Crippen molar-refractivity contribution in [1.29, 1.82) is 0 Å². The van der Waals surface area contributed by atoms with Crippen molar-refractivity contribution in [3.8, 4) is 0 Å². The summed E-state index contributed by atoms with van der Waals surface area (Å²) in [4.78, 5) is 13.0. The maximum absolute atomic E-state index is 11.9. The van der Waals surface area contributed by atoms with E-state index in [1.807, 2.05) is 0 Å². The van der Waals surface area contributed by atoms with Gasteiger partial charge in [0.05, 0.1) is 5.69 Å². The van der Waals surface area contributed by atoms with E-state index in [0.29, 0.717) is 22.7 Å². The van der Waals surface area contributed by atoms with Crippen molar-refractivity contribution in [1.82, 2.24) is 10.1 Å². The van der Waals surface area contributed by atoms with Crippen LogP contribution >= 0.6 is 11.3 Å². The fourth-order valence-electron chi connectivity index (χ4n) is 1.24. The first-order valence-corrected chi connectivity index (χ1v) is 6.84. The molecular formula is C8H9N3O4S2. The lowest BCUT2D eigenvalue weighted by atomic mass is 10.5. The van der Waals surface area contributed by atoms with Crippen LogP contribution in [0.25, 0.3) is 0 Å². The van der Waals surface area contributed by atoms with Crippen LogP contribution in [0.15, 0.2) is 19.6 Å². The van der Waals surface area contributed by atoms with E-state index in [9.17, 15) is 13.2 Å². The molecule has 0 spiro atoms. The molecule has 0 aliphatic rings. The van der Waals surface area contributed by atoms with E-state index in [0.717, 1.165) is 0 Å². The number of anilines is 1. The normalized spacial score (nSPS) is 11.6. The number of thiazole rings is 1. The average Bonchev–Trinajstić information content (AvgIpc) is 2.72. The van der Waals surface area contributed by atoms with Crippen LogP contribution in [0.5, 0.6) is 0 Å². The first-order valence-electron chi connectivity index (χ1n) is 4.54. The van der Waals surface area contributed by atoms with Crippen molar-refractivity contribution in [3.05, 3.63) is 27.1 Å². The summed E-state index contributed by atoms with van der Waals surface area (Å²) in [6.45, 7) is 3.18. The highest BCUT2D eigenvalue weighted by molar-refractivity contribution is 7.94. The van der Waals surface area contributed by atoms with Crippen LogP contribution in [0.1, 0.15) is 11.4 Å². The summed E-state index contributed by atoms with van der Waals surface area (Å²) < 4.78 is 30.7. The van der Waals surface area contributed by atoms with Gasteiger partial charge in [0.1, 0.15) is 0 Å². The van der Waals surface area contributed by atoms with Crippen molar-refractivity contribution in [2.75, 3.05) is 4.72 Å². The molecule has 0 aliphatic carbocycles. The van der Waals surface area contributed by atoms with E-state index in [1.165, 1.54) is 13.0 Å². The first-order chi connectivity index (χ1) is 7.88. The molecule has 0 amide bonds. The standard InChI is InChI=1S/C8H9N3O4S2/c1-4-3-6(15-10-4)11-17(13,14)7-5(2)9-8(12)16-7/h3,11H,1-2H3,(H,9,12). The molecular weight excluding hydrogens is 266 g/mol. The Morgan fingerprint density at radius 1 is 1.47 bits per heavy atom. The van der Waals surface area contributed by atoms with Gasteiger partial charge in [0.15, 0.2) is 4.21 Å². The largest absolute Gasteiger partial charge is 0.338 e. The van der Waals surface area contributed by atoms with Crippen molar-refractivity contribution < 1.29 is 12.9 Å². The van der Waals surface area contributed by atoms with Crippen LogP contribution in [0.2, 0.25) is 0 Å². The van der Waals surface area contributed by atoms with E-state index in [-0.39, 0.29) is 10.1 Å². The van der Waals surface area contributed by atoms with Gasteiger partial charge in [-0.25, -0.2) is 13.1 Å². The molecule has 7 nitrogen and oxygen atoms in total. The van der Waals surface area contributed by atoms with Crippen LogP contribution in [0.3, 0.4) is 0 Å². The lowest BCUT2D eigenvalue weighted by Crippen LogP contribution is -2.12. The molecule has 2 aromatic heterocycles. The van der Waals surface area contributed by atoms with Gasteiger partial charge >= 0.3 is 4.87 Å². The molecule has 0 bridgehead atoms. The zero-order chi connectivity index (χ0) is 12.6. The number of aromatic nitrogens is 2. The van der Waals surface area contributed by atoms with Crippen LogP contribution in [-0.4, -0.2) is 18.6 Å². The Balaban J connectivity index is 2.37. The highest BCUT2D eigenvalue weighted by atomic mass is 32.2. The lowest BCUT2D eigenvalue weighted by molar-refractivity contribution is 0.430. The fourth-order valence-corrected chi connectivity index (χ4v) is 3.51. The minimum Gasteiger partial charge on any atom is -0.338 e. The number of sulfonamides is 1. The summed E-state index contributed by atoms with van der Waals surface area (Å²) in [5, 5.41) is 3.55. The van der Waals surface area contributed by atoms with E-state index in [1.54, 1.807) is 6.92 Å². The number of hydrogen-bond acceptors (Lipinski definition) is 6. The van der Waals surface area contributed by atoms with Gasteiger partial charge in [0.2, 0.25) is 5.88 Å². The molecule has 0 unspecified atom stereocenters. The molecule has 2 N–H and O–H groups in total. The Bertz CT molecular complexity index is 694. The molecule has 17 heavy (non-hydrogen) atoms. The second kappa shape index (κ2) is 4.00. The van der Waals surface area contributed by atoms with Crippen LogP contribution in [0.4, 0.5) is 5.88 Å². The monoisotopic (exact) mass is 275 g/mol. The van der Waals surface area contributed by atoms with Gasteiger partial charge in [-0.1, -0.05) is 16.5 Å². The van der Waals surface area contributed by atoms with E-state index >= 15 is 0 Å². The summed E-state index contributed by atoms with van der Waals surface area (Å²) in [5.41, 5.74) is 0.852. The van der Waals surface area contributed by atoms with Crippen LogP contribution < -0.4 is 9.60 Å². The lowest BCUT2D eigenvalue weighted by Gasteiger charge is -2.01. The highest BCUT2D eigenvalue weighted by Crippen LogP contribution is 2.20. The highest BCUT2D eigenvalue weighted by Gasteiger charge is 2.22. The number of nitrogens with zero attached hydrogens (tertiary/aromatic N) is 1. The minimum atomic E-state index is -3.81. The van der Waals surface area contributed by atoms with Crippen molar-refractivity contribution in [3.63, 3.8) is 0 Å². The molecule has 2 rings (SSSR count). The number of rotatable bonds is 3. The summed E-state index contributed by atoms with van der Waals surface area (Å²) in [7, 11) is -3.81. The van der Waals surface area contributed by atoms with Gasteiger partial charge < -0.3 is 9.51 Å². The van der Waals surface area contributed by atoms with Gasteiger partial charge in [-0.3, -0.25) is 4.79 Å². The predicted molar refractivity (Wildman–Crippen MR) is 61.7 cm³/mol. The fraction of sp³-hybridized carbons (Fsp3) is 0.250. The SMILES string of the molecule is Cc1cc(NS(=O)(=O)c2sc(=O)[nH]c2C)on1. The zero-order valence-electron chi connectivity index (χ0n) is 8.97. The van der Waals surface area contributed by atoms with Gasteiger partial charge in [0.25, 0.3) is 10.0 Å². The molecule has 0 aromatic carbocycles. The predicted octanol–water partition coefficient (Wildman–Crippen LogP) is 0.842. The zero-order valence-corrected chi connectivity index (χ0v) is 10.6. The number of hydrogen-bond donors (Lipinski definition) is 2. The second-order valence-electron chi connectivity index (χ2n) is 3.37. The molecule has 0 saturated carbocycles. The Morgan fingerprint density at radius 3 is 2.65 bits per heavy atom. The molecule has 2 heterocycles. The molecule has 0 aliphatic heterocycles. The van der Waals surface area contributed by atoms with Gasteiger partial charge in [-0.15, -0.1) is 0 Å². The number of nitrogens with one attached hydrogen (secondary N) is 2. The van der Waals surface area contributed by atoms with E-state index < -0.39 is 14.9 Å². The minimum absolute atomic E-state index is 0.0164. The van der Waals surface area contributed by atoms with Gasteiger partial charge in [-0.2, -0.15) is 0 Å². The van der Waals surface area contributed by atoms with Crippen molar-refractivity contribution in [2.24, 2.45) is 0 Å². The molecule has 0 atom stereocenters. The topological polar surface area (TPSA) is 105 Å². The molecule has 2 aromatic rings. The summed E-state index contributed by atoms with van der Waals surface area (Å²) in [6.07, 6.45) is 0. The summed E-state index contributed by atoms with van der Waals surface area (Å²) in [6, 6.07) is 1.45. The maximum atomic E-state index is 11.9. The van der Waals surface area contributed by atoms with Crippen LogP contribution in [0, 0.1) is 13.8 Å². The Morgan fingerprint density at radius 2 is 2.18 bits per heavy atom. The maximum Gasteiger partial charge on any atom is 0.306 e. The second-order valence-corrected chi connectivity index (χ2v) is 6.23. The number of aryl methyl sites for hydroxylation is 2. The molecule has 0 fully saturated rings. The third kappa shape index (κ3) is 2.39. The molecule has 0 saturated heterocycles. The summed E-state index contributed by atoms with van der Waals surface area (Å²) in [5.74, 6) is 0.0164. The number of aromatic amines is 1. The molecule has 92 valence electrons. The van der Waals surface area contributed by atoms with E-state index in [4.69, 9.17) is 4.52 Å². The molecule has 0 radical (unpaired) electrons. The average molecular weight is 275 g/mol. The Labute approximate surface area is 101 Å².